The number of carboxylic acid groups (broad SMARTS) is 1. The number of hydrogen-bond donors (Lipinski definition) is 3. The minimum absolute atomic E-state index is 0.191. The molecule has 78 valence electrons. The lowest BCUT2D eigenvalue weighted by Crippen LogP contribution is -2.39. The lowest BCUT2D eigenvalue weighted by atomic mass is 10.3. The van der Waals surface area contributed by atoms with E-state index in [4.69, 9.17) is 5.11 Å². The molecule has 0 bridgehead atoms. The number of rotatable bonds is 6. The molecule has 3 N–H and O–H groups in total. The maximum atomic E-state index is 10.6. The van der Waals surface area contributed by atoms with Gasteiger partial charge in [-0.1, -0.05) is 0 Å². The highest BCUT2D eigenvalue weighted by molar-refractivity contribution is 7.88. The average Bonchev–Trinajstić information content (AvgIpc) is 1.95. The van der Waals surface area contributed by atoms with Crippen LogP contribution in [0.3, 0.4) is 0 Å². The summed E-state index contributed by atoms with van der Waals surface area (Å²) >= 11 is 0. The van der Waals surface area contributed by atoms with Crippen molar-refractivity contribution in [1.82, 2.24) is 10.0 Å². The summed E-state index contributed by atoms with van der Waals surface area (Å²) in [5, 5.41) is 11.1. The molecule has 0 aliphatic rings. The van der Waals surface area contributed by atoms with Crippen LogP contribution in [0.2, 0.25) is 0 Å². The van der Waals surface area contributed by atoms with E-state index >= 15 is 0 Å². The molecule has 13 heavy (non-hydrogen) atoms. The molecule has 0 heterocycles. The number of carboxylic acids is 1. The molecule has 0 aliphatic heterocycles. The summed E-state index contributed by atoms with van der Waals surface area (Å²) in [4.78, 5) is 10.3. The standard InChI is InChI=1S/C6H14N2O4S/c1-5(6(9)10)7-3-4-8-13(2,11)12/h5,7-8H,3-4H2,1-2H3,(H,9,10). The smallest absolute Gasteiger partial charge is 0.320 e. The summed E-state index contributed by atoms with van der Waals surface area (Å²) in [5.74, 6) is -0.959. The lowest BCUT2D eigenvalue weighted by molar-refractivity contribution is -0.138. The minimum atomic E-state index is -3.18. The second kappa shape index (κ2) is 5.15. The minimum Gasteiger partial charge on any atom is -0.480 e. The van der Waals surface area contributed by atoms with Gasteiger partial charge in [-0.3, -0.25) is 4.79 Å². The van der Waals surface area contributed by atoms with Crippen LogP contribution in [0.4, 0.5) is 0 Å². The summed E-state index contributed by atoms with van der Waals surface area (Å²) in [5.41, 5.74) is 0. The molecule has 0 aromatic heterocycles. The molecule has 0 rings (SSSR count). The number of carbonyl (C=O) groups is 1. The van der Waals surface area contributed by atoms with Crippen LogP contribution in [0.1, 0.15) is 6.92 Å². The molecule has 7 heteroatoms. The Hall–Kier alpha value is -0.660. The molecule has 0 radical (unpaired) electrons. The summed E-state index contributed by atoms with van der Waals surface area (Å²) < 4.78 is 23.3. The number of aliphatic carboxylic acids is 1. The van der Waals surface area contributed by atoms with E-state index in [1.165, 1.54) is 6.92 Å². The molecule has 0 aromatic rings. The van der Waals surface area contributed by atoms with Gasteiger partial charge in [-0.25, -0.2) is 13.1 Å². The van der Waals surface area contributed by atoms with Crippen molar-refractivity contribution in [2.24, 2.45) is 0 Å². The highest BCUT2D eigenvalue weighted by Crippen LogP contribution is 1.79. The predicted octanol–water partition coefficient (Wildman–Crippen LogP) is -1.40. The lowest BCUT2D eigenvalue weighted by Gasteiger charge is -2.08. The van der Waals surface area contributed by atoms with Crippen molar-refractivity contribution < 1.29 is 18.3 Å². The van der Waals surface area contributed by atoms with Crippen molar-refractivity contribution in [2.75, 3.05) is 19.3 Å². The van der Waals surface area contributed by atoms with Crippen molar-refractivity contribution in [2.45, 2.75) is 13.0 Å². The first kappa shape index (κ1) is 12.3. The van der Waals surface area contributed by atoms with Gasteiger partial charge in [-0.2, -0.15) is 0 Å². The maximum Gasteiger partial charge on any atom is 0.320 e. The van der Waals surface area contributed by atoms with Crippen molar-refractivity contribution in [3.63, 3.8) is 0 Å². The Labute approximate surface area is 77.4 Å². The largest absolute Gasteiger partial charge is 0.480 e. The zero-order valence-electron chi connectivity index (χ0n) is 7.57. The first-order chi connectivity index (χ1) is 5.83. The van der Waals surface area contributed by atoms with Crippen LogP contribution in [0.15, 0.2) is 0 Å². The molecule has 6 nitrogen and oxygen atoms in total. The van der Waals surface area contributed by atoms with Gasteiger partial charge in [-0.05, 0) is 6.92 Å². The molecule has 0 amide bonds. The molecule has 0 fully saturated rings. The average molecular weight is 210 g/mol. The predicted molar refractivity (Wildman–Crippen MR) is 47.9 cm³/mol. The SMILES string of the molecule is CC(NCCNS(C)(=O)=O)C(=O)O. The van der Waals surface area contributed by atoms with Crippen molar-refractivity contribution in [1.29, 1.82) is 0 Å². The molecule has 0 saturated carbocycles. The Kier molecular flexibility index (Phi) is 4.89. The zero-order chi connectivity index (χ0) is 10.5. The monoisotopic (exact) mass is 210 g/mol. The quantitative estimate of drug-likeness (QED) is 0.468. The Morgan fingerprint density at radius 1 is 1.46 bits per heavy atom. The van der Waals surface area contributed by atoms with Crippen LogP contribution in [0.25, 0.3) is 0 Å². The molecule has 0 aliphatic carbocycles. The van der Waals surface area contributed by atoms with E-state index in [1.54, 1.807) is 0 Å². The second-order valence-electron chi connectivity index (χ2n) is 2.68. The molecule has 0 aromatic carbocycles. The molecular weight excluding hydrogens is 196 g/mol. The Morgan fingerprint density at radius 2 is 2.00 bits per heavy atom. The van der Waals surface area contributed by atoms with Crippen LogP contribution < -0.4 is 10.0 Å². The van der Waals surface area contributed by atoms with Crippen molar-refractivity contribution in [3.05, 3.63) is 0 Å². The number of nitrogens with one attached hydrogen (secondary N) is 2. The van der Waals surface area contributed by atoms with Gasteiger partial charge >= 0.3 is 5.97 Å². The first-order valence-electron chi connectivity index (χ1n) is 3.74. The highest BCUT2D eigenvalue weighted by atomic mass is 32.2. The maximum absolute atomic E-state index is 10.6. The second-order valence-corrected chi connectivity index (χ2v) is 4.51. The Balaban J connectivity index is 3.53. The highest BCUT2D eigenvalue weighted by Gasteiger charge is 2.08. The third-order valence-corrected chi connectivity index (χ3v) is 2.04. The fourth-order valence-corrected chi connectivity index (χ4v) is 1.09. The van der Waals surface area contributed by atoms with Gasteiger partial charge in [0, 0.05) is 13.1 Å². The van der Waals surface area contributed by atoms with E-state index in [2.05, 4.69) is 10.0 Å². The summed E-state index contributed by atoms with van der Waals surface area (Å²) in [7, 11) is -3.18. The van der Waals surface area contributed by atoms with Crippen LogP contribution in [0.5, 0.6) is 0 Å². The fourth-order valence-electron chi connectivity index (χ4n) is 0.612. The van der Waals surface area contributed by atoms with E-state index in [-0.39, 0.29) is 6.54 Å². The molecule has 1 atom stereocenters. The number of hydrogen-bond acceptors (Lipinski definition) is 4. The van der Waals surface area contributed by atoms with Crippen molar-refractivity contribution in [3.8, 4) is 0 Å². The fraction of sp³-hybridized carbons (Fsp3) is 0.833. The Morgan fingerprint density at radius 3 is 2.38 bits per heavy atom. The van der Waals surface area contributed by atoms with Crippen LogP contribution >= 0.6 is 0 Å². The van der Waals surface area contributed by atoms with Gasteiger partial charge in [0.2, 0.25) is 10.0 Å². The van der Waals surface area contributed by atoms with Gasteiger partial charge in [0.05, 0.1) is 6.26 Å². The summed E-state index contributed by atoms with van der Waals surface area (Å²) in [6, 6.07) is -0.665. The third kappa shape index (κ3) is 7.69. The van der Waals surface area contributed by atoms with E-state index in [0.717, 1.165) is 6.26 Å². The van der Waals surface area contributed by atoms with Gasteiger partial charge in [-0.15, -0.1) is 0 Å². The van der Waals surface area contributed by atoms with Crippen LogP contribution in [-0.2, 0) is 14.8 Å². The van der Waals surface area contributed by atoms with E-state index in [1.807, 2.05) is 0 Å². The molecule has 0 spiro atoms. The van der Waals surface area contributed by atoms with E-state index in [0.29, 0.717) is 6.54 Å². The Bertz CT molecular complexity index is 262. The van der Waals surface area contributed by atoms with Gasteiger partial charge in [0.15, 0.2) is 0 Å². The molecular formula is C6H14N2O4S. The van der Waals surface area contributed by atoms with E-state index in [9.17, 15) is 13.2 Å². The summed E-state index contributed by atoms with van der Waals surface area (Å²) in [6.07, 6.45) is 1.05. The summed E-state index contributed by atoms with van der Waals surface area (Å²) in [6.45, 7) is 1.97. The molecule has 0 saturated heterocycles. The topological polar surface area (TPSA) is 95.5 Å². The third-order valence-electron chi connectivity index (χ3n) is 1.31. The van der Waals surface area contributed by atoms with Crippen LogP contribution in [-0.4, -0.2) is 44.9 Å². The van der Waals surface area contributed by atoms with Crippen LogP contribution in [0, 0.1) is 0 Å². The van der Waals surface area contributed by atoms with Crippen molar-refractivity contribution >= 4 is 16.0 Å². The number of sulfonamides is 1. The first-order valence-corrected chi connectivity index (χ1v) is 5.63. The zero-order valence-corrected chi connectivity index (χ0v) is 8.39. The van der Waals surface area contributed by atoms with Gasteiger partial charge < -0.3 is 10.4 Å². The normalized spacial score (nSPS) is 14.0. The van der Waals surface area contributed by atoms with Gasteiger partial charge in [0.25, 0.3) is 0 Å². The van der Waals surface area contributed by atoms with E-state index < -0.39 is 22.0 Å². The molecule has 1 unspecified atom stereocenters. The van der Waals surface area contributed by atoms with Gasteiger partial charge in [0.1, 0.15) is 6.04 Å².